The van der Waals surface area contributed by atoms with Crippen molar-refractivity contribution in [2.75, 3.05) is 0 Å². The van der Waals surface area contributed by atoms with E-state index in [-0.39, 0.29) is 11.8 Å². The summed E-state index contributed by atoms with van der Waals surface area (Å²) in [6.45, 7) is 6.03. The van der Waals surface area contributed by atoms with Crippen LogP contribution in [0.25, 0.3) is 28.0 Å². The monoisotopic (exact) mass is 440 g/mol. The van der Waals surface area contributed by atoms with Gasteiger partial charge in [-0.25, -0.2) is 9.88 Å². The zero-order valence-electron chi connectivity index (χ0n) is 18.7. The van der Waals surface area contributed by atoms with Gasteiger partial charge in [0.25, 0.3) is 11.8 Å². The Morgan fingerprint density at radius 3 is 2.36 bits per heavy atom. The van der Waals surface area contributed by atoms with Crippen LogP contribution in [0.2, 0.25) is 0 Å². The van der Waals surface area contributed by atoms with E-state index in [9.17, 15) is 14.7 Å². The highest BCUT2D eigenvalue weighted by atomic mass is 16.3. The van der Waals surface area contributed by atoms with Crippen LogP contribution in [0.15, 0.2) is 54.9 Å². The third kappa shape index (κ3) is 3.60. The molecule has 1 aliphatic heterocycles. The van der Waals surface area contributed by atoms with Crippen LogP contribution in [0, 0.1) is 0 Å². The minimum absolute atomic E-state index is 0.324. The van der Waals surface area contributed by atoms with E-state index in [2.05, 4.69) is 9.55 Å². The molecule has 0 saturated heterocycles. The van der Waals surface area contributed by atoms with Gasteiger partial charge in [0.05, 0.1) is 40.5 Å². The molecule has 2 amide bonds. The number of imidazole rings is 1. The molecule has 2 aromatic carbocycles. The number of benzene rings is 2. The smallest absolute Gasteiger partial charge is 0.265 e. The number of carbonyl (C=O) groups excluding carboxylic acids is 2. The third-order valence-electron chi connectivity index (χ3n) is 5.78. The summed E-state index contributed by atoms with van der Waals surface area (Å²) in [7, 11) is 0. The van der Waals surface area contributed by atoms with Gasteiger partial charge in [0.1, 0.15) is 11.3 Å². The molecule has 3 heterocycles. The number of amides is 2. The molecule has 0 unspecified atom stereocenters. The summed E-state index contributed by atoms with van der Waals surface area (Å²) < 4.78 is 2.06. The van der Waals surface area contributed by atoms with E-state index in [0.29, 0.717) is 17.7 Å². The lowest BCUT2D eigenvalue weighted by atomic mass is 10.1. The van der Waals surface area contributed by atoms with E-state index in [4.69, 9.17) is 4.98 Å². The maximum Gasteiger partial charge on any atom is 0.265 e. The summed E-state index contributed by atoms with van der Waals surface area (Å²) in [5.41, 5.74) is 3.26. The average Bonchev–Trinajstić information content (AvgIpc) is 3.26. The van der Waals surface area contributed by atoms with Crippen molar-refractivity contribution in [3.05, 3.63) is 77.4 Å². The molecule has 5 rings (SSSR count). The van der Waals surface area contributed by atoms with Gasteiger partial charge in [0, 0.05) is 18.0 Å². The highest BCUT2D eigenvalue weighted by Gasteiger charge is 2.33. The van der Waals surface area contributed by atoms with Crippen molar-refractivity contribution >= 4 is 39.8 Å². The Labute approximate surface area is 191 Å². The predicted octanol–water partition coefficient (Wildman–Crippen LogP) is 4.18. The number of carbonyl (C=O) groups is 2. The molecular weight excluding hydrogens is 416 g/mol. The van der Waals surface area contributed by atoms with Crippen molar-refractivity contribution < 1.29 is 14.7 Å². The number of rotatable bonds is 5. The molecule has 1 N–H and O–H groups in total. The lowest BCUT2D eigenvalue weighted by Gasteiger charge is -2.20. The molecule has 0 radical (unpaired) electrons. The average molecular weight is 441 g/mol. The van der Waals surface area contributed by atoms with E-state index >= 15 is 0 Å². The molecule has 4 aromatic rings. The number of hydrogen-bond acceptors (Lipinski definition) is 5. The van der Waals surface area contributed by atoms with Crippen LogP contribution < -0.4 is 0 Å². The summed E-state index contributed by atoms with van der Waals surface area (Å²) in [5, 5.41) is 11.4. The van der Waals surface area contributed by atoms with Gasteiger partial charge in [0.15, 0.2) is 0 Å². The lowest BCUT2D eigenvalue weighted by molar-refractivity contribution is 0.0618. The number of nitrogens with zero attached hydrogens (tertiary/aromatic N) is 4. The molecule has 7 heteroatoms. The SMILES string of the molecule is CCc1nc2cnc3cc(/C=C/N4C(=O)c5ccccc5C4=O)ccc3c2n1CC(C)(C)O. The molecular formula is C26H24N4O3. The van der Waals surface area contributed by atoms with Crippen molar-refractivity contribution in [3.8, 4) is 0 Å². The largest absolute Gasteiger partial charge is 0.389 e. The van der Waals surface area contributed by atoms with Crippen molar-refractivity contribution in [2.45, 2.75) is 39.3 Å². The lowest BCUT2D eigenvalue weighted by Crippen LogP contribution is -2.27. The van der Waals surface area contributed by atoms with Gasteiger partial charge in [-0.2, -0.15) is 0 Å². The van der Waals surface area contributed by atoms with Crippen molar-refractivity contribution in [2.24, 2.45) is 0 Å². The Hall–Kier alpha value is -3.84. The second kappa shape index (κ2) is 7.64. The fraction of sp³-hybridized carbons (Fsp3) is 0.231. The molecule has 0 saturated carbocycles. The number of fused-ring (bicyclic) bond motifs is 4. The molecule has 166 valence electrons. The normalized spacial score (nSPS) is 14.2. The minimum Gasteiger partial charge on any atom is -0.389 e. The van der Waals surface area contributed by atoms with Crippen LogP contribution in [0.4, 0.5) is 0 Å². The molecule has 7 nitrogen and oxygen atoms in total. The van der Waals surface area contributed by atoms with Crippen LogP contribution in [0.5, 0.6) is 0 Å². The van der Waals surface area contributed by atoms with Gasteiger partial charge >= 0.3 is 0 Å². The van der Waals surface area contributed by atoms with Gasteiger partial charge in [-0.05, 0) is 43.7 Å². The third-order valence-corrected chi connectivity index (χ3v) is 5.78. The maximum absolute atomic E-state index is 12.6. The zero-order valence-corrected chi connectivity index (χ0v) is 18.7. The van der Waals surface area contributed by atoms with E-state index < -0.39 is 5.60 Å². The van der Waals surface area contributed by atoms with Crippen molar-refractivity contribution in [3.63, 3.8) is 0 Å². The Balaban J connectivity index is 1.53. The number of aliphatic hydroxyl groups is 1. The van der Waals surface area contributed by atoms with Crippen LogP contribution >= 0.6 is 0 Å². The summed E-state index contributed by atoms with van der Waals surface area (Å²) in [4.78, 5) is 35.6. The van der Waals surface area contributed by atoms with Gasteiger partial charge in [-0.3, -0.25) is 14.6 Å². The number of pyridine rings is 1. The molecule has 0 atom stereocenters. The fourth-order valence-corrected chi connectivity index (χ4v) is 4.31. The van der Waals surface area contributed by atoms with Gasteiger partial charge < -0.3 is 9.67 Å². The molecule has 1 aliphatic rings. The summed E-state index contributed by atoms with van der Waals surface area (Å²) in [6.07, 6.45) is 5.74. The molecule has 0 aliphatic carbocycles. The molecule has 2 aromatic heterocycles. The minimum atomic E-state index is -0.887. The highest BCUT2D eigenvalue weighted by molar-refractivity contribution is 6.22. The van der Waals surface area contributed by atoms with Crippen LogP contribution in [0.1, 0.15) is 52.9 Å². The van der Waals surface area contributed by atoms with E-state index in [0.717, 1.165) is 44.6 Å². The number of imide groups is 1. The number of hydrogen-bond donors (Lipinski definition) is 1. The first-order valence-electron chi connectivity index (χ1n) is 10.9. The van der Waals surface area contributed by atoms with Crippen LogP contribution in [0.3, 0.4) is 0 Å². The van der Waals surface area contributed by atoms with Crippen molar-refractivity contribution in [1.82, 2.24) is 19.4 Å². The van der Waals surface area contributed by atoms with E-state index in [1.807, 2.05) is 25.1 Å². The van der Waals surface area contributed by atoms with Gasteiger partial charge in [-0.1, -0.05) is 31.2 Å². The second-order valence-electron chi connectivity index (χ2n) is 8.89. The summed E-state index contributed by atoms with van der Waals surface area (Å²) in [6, 6.07) is 12.6. The van der Waals surface area contributed by atoms with Crippen molar-refractivity contribution in [1.29, 1.82) is 0 Å². The first kappa shape index (κ1) is 21.0. The van der Waals surface area contributed by atoms with Gasteiger partial charge in [0.2, 0.25) is 0 Å². The second-order valence-corrected chi connectivity index (χ2v) is 8.89. The molecule has 33 heavy (non-hydrogen) atoms. The standard InChI is InChI=1S/C26H24N4O3/c1-4-22-28-21-14-27-20-13-16(9-10-19(20)23(21)30(22)15-26(2,3)33)11-12-29-24(31)17-7-5-6-8-18(17)25(29)32/h5-14,33H,4,15H2,1-3H3/b12-11+. The van der Waals surface area contributed by atoms with E-state index in [1.54, 1.807) is 50.4 Å². The number of aromatic nitrogens is 3. The topological polar surface area (TPSA) is 88.3 Å². The maximum atomic E-state index is 12.6. The summed E-state index contributed by atoms with van der Waals surface area (Å²) >= 11 is 0. The van der Waals surface area contributed by atoms with E-state index in [1.165, 1.54) is 6.20 Å². The summed E-state index contributed by atoms with van der Waals surface area (Å²) in [5.74, 6) is 0.251. The van der Waals surface area contributed by atoms with Gasteiger partial charge in [-0.15, -0.1) is 0 Å². The fourth-order valence-electron chi connectivity index (χ4n) is 4.31. The first-order valence-corrected chi connectivity index (χ1v) is 10.9. The Kier molecular flexibility index (Phi) is 4.87. The quantitative estimate of drug-likeness (QED) is 0.470. The molecule has 0 spiro atoms. The highest BCUT2D eigenvalue weighted by Crippen LogP contribution is 2.28. The van der Waals surface area contributed by atoms with Crippen LogP contribution in [-0.4, -0.2) is 42.0 Å². The molecule has 0 fully saturated rings. The zero-order chi connectivity index (χ0) is 23.3. The number of aryl methyl sites for hydroxylation is 1. The van der Waals surface area contributed by atoms with Crippen LogP contribution in [-0.2, 0) is 13.0 Å². The molecule has 0 bridgehead atoms. The Bertz CT molecular complexity index is 1420. The Morgan fingerprint density at radius 1 is 1.03 bits per heavy atom. The predicted molar refractivity (Wildman–Crippen MR) is 127 cm³/mol. The first-order chi connectivity index (χ1) is 15.8. The Morgan fingerprint density at radius 2 is 1.73 bits per heavy atom.